The molecule has 0 amide bonds. The number of nitrogens with zero attached hydrogens (tertiary/aromatic N) is 1. The van der Waals surface area contributed by atoms with E-state index < -0.39 is 0 Å². The summed E-state index contributed by atoms with van der Waals surface area (Å²) in [6.07, 6.45) is 11.4. The van der Waals surface area contributed by atoms with E-state index >= 15 is 0 Å². The minimum atomic E-state index is 0.714. The van der Waals surface area contributed by atoms with Crippen molar-refractivity contribution in [3.63, 3.8) is 0 Å². The van der Waals surface area contributed by atoms with Crippen LogP contribution in [0.3, 0.4) is 0 Å². The van der Waals surface area contributed by atoms with Crippen molar-refractivity contribution in [2.24, 2.45) is 5.92 Å². The maximum absolute atomic E-state index is 3.72. The summed E-state index contributed by atoms with van der Waals surface area (Å²) in [5.74, 6) is 1.02. The van der Waals surface area contributed by atoms with Gasteiger partial charge in [-0.25, -0.2) is 0 Å². The van der Waals surface area contributed by atoms with E-state index in [1.165, 1.54) is 71.0 Å². The second kappa shape index (κ2) is 7.49. The van der Waals surface area contributed by atoms with Gasteiger partial charge in [-0.3, -0.25) is 4.90 Å². The molecule has 0 radical (unpaired) electrons. The Kier molecular flexibility index (Phi) is 5.97. The van der Waals surface area contributed by atoms with Crippen LogP contribution in [0.1, 0.15) is 65.2 Å². The van der Waals surface area contributed by atoms with Crippen LogP contribution in [0.4, 0.5) is 0 Å². The molecule has 2 aliphatic rings. The quantitative estimate of drug-likeness (QED) is 0.779. The van der Waals surface area contributed by atoms with Crippen LogP contribution in [0.5, 0.6) is 0 Å². The third kappa shape index (κ3) is 3.71. The number of rotatable bonds is 6. The van der Waals surface area contributed by atoms with Gasteiger partial charge >= 0.3 is 0 Å². The van der Waals surface area contributed by atoms with E-state index in [9.17, 15) is 0 Å². The molecule has 1 saturated heterocycles. The molecule has 3 atom stereocenters. The molecule has 1 aliphatic carbocycles. The van der Waals surface area contributed by atoms with E-state index in [1.807, 2.05) is 0 Å². The van der Waals surface area contributed by atoms with Gasteiger partial charge in [0.25, 0.3) is 0 Å². The SMILES string of the molecule is CCCNC(CC)CN1CCCC2CCCCC21. The van der Waals surface area contributed by atoms with Gasteiger partial charge in [-0.1, -0.05) is 26.7 Å². The van der Waals surface area contributed by atoms with Gasteiger partial charge in [0.15, 0.2) is 0 Å². The molecule has 2 rings (SSSR count). The van der Waals surface area contributed by atoms with Crippen LogP contribution in [-0.2, 0) is 0 Å². The van der Waals surface area contributed by atoms with Crippen LogP contribution in [0.15, 0.2) is 0 Å². The molecule has 0 aromatic carbocycles. The molecule has 106 valence electrons. The average molecular weight is 252 g/mol. The van der Waals surface area contributed by atoms with Crippen LogP contribution in [-0.4, -0.2) is 36.6 Å². The Labute approximate surface area is 114 Å². The maximum atomic E-state index is 3.72. The molecule has 0 spiro atoms. The number of hydrogen-bond donors (Lipinski definition) is 1. The van der Waals surface area contributed by atoms with Gasteiger partial charge in [0.1, 0.15) is 0 Å². The highest BCUT2D eigenvalue weighted by molar-refractivity contribution is 4.88. The lowest BCUT2D eigenvalue weighted by Crippen LogP contribution is -2.51. The number of likely N-dealkylation sites (tertiary alicyclic amines) is 1. The molecule has 0 bridgehead atoms. The average Bonchev–Trinajstić information content (AvgIpc) is 2.43. The lowest BCUT2D eigenvalue weighted by atomic mass is 9.78. The Hall–Kier alpha value is -0.0800. The van der Waals surface area contributed by atoms with E-state index in [0.717, 1.165) is 12.0 Å². The summed E-state index contributed by atoms with van der Waals surface area (Å²) in [5.41, 5.74) is 0. The van der Waals surface area contributed by atoms with E-state index in [1.54, 1.807) is 0 Å². The second-order valence-corrected chi connectivity index (χ2v) is 6.31. The largest absolute Gasteiger partial charge is 0.313 e. The molecule has 1 heterocycles. The van der Waals surface area contributed by atoms with Crippen LogP contribution in [0, 0.1) is 5.92 Å². The second-order valence-electron chi connectivity index (χ2n) is 6.31. The van der Waals surface area contributed by atoms with E-state index in [2.05, 4.69) is 24.1 Å². The summed E-state index contributed by atoms with van der Waals surface area (Å²) in [5, 5.41) is 3.72. The fourth-order valence-corrected chi connectivity index (χ4v) is 3.92. The fourth-order valence-electron chi connectivity index (χ4n) is 3.92. The normalized spacial score (nSPS) is 31.0. The lowest BCUT2D eigenvalue weighted by molar-refractivity contribution is 0.0526. The standard InChI is InChI=1S/C16H32N2/c1-3-11-17-15(4-2)13-18-12-7-9-14-8-5-6-10-16(14)18/h14-17H,3-13H2,1-2H3. The smallest absolute Gasteiger partial charge is 0.0192 e. The van der Waals surface area contributed by atoms with Gasteiger partial charge in [-0.15, -0.1) is 0 Å². The summed E-state index contributed by atoms with van der Waals surface area (Å²) in [7, 11) is 0. The van der Waals surface area contributed by atoms with Crippen molar-refractivity contribution >= 4 is 0 Å². The number of nitrogens with one attached hydrogen (secondary N) is 1. The van der Waals surface area contributed by atoms with Crippen LogP contribution in [0.2, 0.25) is 0 Å². The van der Waals surface area contributed by atoms with Crippen molar-refractivity contribution in [2.75, 3.05) is 19.6 Å². The predicted octanol–water partition coefficient (Wildman–Crippen LogP) is 3.42. The third-order valence-corrected chi connectivity index (χ3v) is 4.99. The Morgan fingerprint density at radius 1 is 1.11 bits per heavy atom. The summed E-state index contributed by atoms with van der Waals surface area (Å²) < 4.78 is 0. The van der Waals surface area contributed by atoms with Crippen molar-refractivity contribution in [3.05, 3.63) is 0 Å². The van der Waals surface area contributed by atoms with Gasteiger partial charge in [0, 0.05) is 18.6 Å². The highest BCUT2D eigenvalue weighted by Gasteiger charge is 2.33. The van der Waals surface area contributed by atoms with E-state index in [0.29, 0.717) is 6.04 Å². The Balaban J connectivity index is 1.85. The summed E-state index contributed by atoms with van der Waals surface area (Å²) in [6, 6.07) is 1.63. The maximum Gasteiger partial charge on any atom is 0.0192 e. The molecule has 3 unspecified atom stereocenters. The van der Waals surface area contributed by atoms with Gasteiger partial charge in [-0.05, 0) is 57.5 Å². The molecule has 1 N–H and O–H groups in total. The van der Waals surface area contributed by atoms with Gasteiger partial charge in [0.2, 0.25) is 0 Å². The summed E-state index contributed by atoms with van der Waals surface area (Å²) >= 11 is 0. The molecule has 2 fully saturated rings. The summed E-state index contributed by atoms with van der Waals surface area (Å²) in [4.78, 5) is 2.82. The monoisotopic (exact) mass is 252 g/mol. The number of fused-ring (bicyclic) bond motifs is 1. The molecule has 0 aromatic heterocycles. The molecular formula is C16H32N2. The summed E-state index contributed by atoms with van der Waals surface area (Å²) in [6.45, 7) is 8.41. The Bertz CT molecular complexity index is 227. The van der Waals surface area contributed by atoms with Gasteiger partial charge in [-0.2, -0.15) is 0 Å². The molecule has 2 heteroatoms. The highest BCUT2D eigenvalue weighted by atomic mass is 15.2. The zero-order chi connectivity index (χ0) is 12.8. The van der Waals surface area contributed by atoms with E-state index in [-0.39, 0.29) is 0 Å². The van der Waals surface area contributed by atoms with E-state index in [4.69, 9.17) is 0 Å². The molecule has 0 aromatic rings. The zero-order valence-electron chi connectivity index (χ0n) is 12.5. The van der Waals surface area contributed by atoms with Crippen LogP contribution < -0.4 is 5.32 Å². The first-order valence-corrected chi connectivity index (χ1v) is 8.32. The third-order valence-electron chi connectivity index (χ3n) is 4.99. The van der Waals surface area contributed by atoms with Crippen molar-refractivity contribution in [3.8, 4) is 0 Å². The predicted molar refractivity (Wildman–Crippen MR) is 78.9 cm³/mol. The topological polar surface area (TPSA) is 15.3 Å². The lowest BCUT2D eigenvalue weighted by Gasteiger charge is -2.45. The number of piperidine rings is 1. The Morgan fingerprint density at radius 3 is 2.67 bits per heavy atom. The van der Waals surface area contributed by atoms with Crippen molar-refractivity contribution in [1.29, 1.82) is 0 Å². The molecule has 1 saturated carbocycles. The fraction of sp³-hybridized carbons (Fsp3) is 1.00. The highest BCUT2D eigenvalue weighted by Crippen LogP contribution is 2.35. The molecule has 1 aliphatic heterocycles. The zero-order valence-corrected chi connectivity index (χ0v) is 12.5. The molecule has 2 nitrogen and oxygen atoms in total. The van der Waals surface area contributed by atoms with Crippen LogP contribution >= 0.6 is 0 Å². The first kappa shape index (κ1) is 14.3. The molecular weight excluding hydrogens is 220 g/mol. The minimum Gasteiger partial charge on any atom is -0.313 e. The van der Waals surface area contributed by atoms with Crippen molar-refractivity contribution in [1.82, 2.24) is 10.2 Å². The first-order chi connectivity index (χ1) is 8.85. The number of hydrogen-bond acceptors (Lipinski definition) is 2. The first-order valence-electron chi connectivity index (χ1n) is 8.32. The molecule has 18 heavy (non-hydrogen) atoms. The van der Waals surface area contributed by atoms with Crippen LogP contribution in [0.25, 0.3) is 0 Å². The van der Waals surface area contributed by atoms with Gasteiger partial charge in [0.05, 0.1) is 0 Å². The Morgan fingerprint density at radius 2 is 1.89 bits per heavy atom. The van der Waals surface area contributed by atoms with Crippen molar-refractivity contribution < 1.29 is 0 Å². The van der Waals surface area contributed by atoms with Gasteiger partial charge < -0.3 is 5.32 Å². The van der Waals surface area contributed by atoms with Crippen molar-refractivity contribution in [2.45, 2.75) is 77.3 Å². The minimum absolute atomic E-state index is 0.714.